The molecule has 0 fully saturated rings. The molecular weight excluding hydrogens is 300 g/mol. The molecule has 2 N–H and O–H groups in total. The molecule has 8 heteroatoms. The zero-order valence-electron chi connectivity index (χ0n) is 10.3. The molecule has 0 bridgehead atoms. The van der Waals surface area contributed by atoms with Gasteiger partial charge in [0.2, 0.25) is 10.0 Å². The molecule has 20 heavy (non-hydrogen) atoms. The number of nitrogens with zero attached hydrogens (tertiary/aromatic N) is 1. The van der Waals surface area contributed by atoms with E-state index in [1.54, 1.807) is 17.8 Å². The number of hydrogen-bond acceptors (Lipinski definition) is 5. The van der Waals surface area contributed by atoms with E-state index < -0.39 is 16.0 Å². The van der Waals surface area contributed by atoms with Crippen LogP contribution in [0.4, 0.5) is 0 Å². The predicted octanol–water partition coefficient (Wildman–Crippen LogP) is 1.46. The summed E-state index contributed by atoms with van der Waals surface area (Å²) in [5.74, 6) is -1.34. The summed E-state index contributed by atoms with van der Waals surface area (Å²) in [5, 5.41) is 8.87. The molecule has 0 aliphatic heterocycles. The highest BCUT2D eigenvalue weighted by molar-refractivity contribution is 7.88. The second-order valence-electron chi connectivity index (χ2n) is 4.05. The van der Waals surface area contributed by atoms with Crippen LogP contribution in [0, 0.1) is 0 Å². The fourth-order valence-electron chi connectivity index (χ4n) is 1.58. The van der Waals surface area contributed by atoms with Crippen molar-refractivity contribution in [3.8, 4) is 0 Å². The molecule has 6 nitrogen and oxygen atoms in total. The van der Waals surface area contributed by atoms with Gasteiger partial charge in [-0.25, -0.2) is 17.9 Å². The van der Waals surface area contributed by atoms with Gasteiger partial charge in [0.15, 0.2) is 0 Å². The van der Waals surface area contributed by atoms with Crippen LogP contribution in [0.1, 0.15) is 20.8 Å². The zero-order valence-corrected chi connectivity index (χ0v) is 11.9. The number of benzene rings is 1. The quantitative estimate of drug-likeness (QED) is 0.842. The van der Waals surface area contributed by atoms with Crippen LogP contribution in [-0.2, 0) is 22.3 Å². The fraction of sp³-hybridized carbons (Fsp3) is 0.167. The third-order valence-corrected chi connectivity index (χ3v) is 4.56. The Morgan fingerprint density at radius 2 is 2.20 bits per heavy atom. The first-order valence-electron chi connectivity index (χ1n) is 5.63. The van der Waals surface area contributed by atoms with Crippen LogP contribution in [0.25, 0.3) is 0 Å². The molecule has 0 atom stereocenters. The Labute approximate surface area is 120 Å². The summed E-state index contributed by atoms with van der Waals surface area (Å²) in [5.41, 5.74) is 2.13. The third-order valence-electron chi connectivity index (χ3n) is 2.48. The molecule has 106 valence electrons. The number of thiazole rings is 1. The molecule has 0 aliphatic rings. The SMILES string of the molecule is O=C(O)c1cccc(CS(=O)(=O)NCc2cncs2)c1. The lowest BCUT2D eigenvalue weighted by Crippen LogP contribution is -2.24. The van der Waals surface area contributed by atoms with E-state index in [0.717, 1.165) is 4.88 Å². The molecule has 0 amide bonds. The van der Waals surface area contributed by atoms with Crippen molar-refractivity contribution in [1.82, 2.24) is 9.71 Å². The summed E-state index contributed by atoms with van der Waals surface area (Å²) >= 11 is 1.36. The number of rotatable bonds is 6. The van der Waals surface area contributed by atoms with E-state index in [2.05, 4.69) is 9.71 Å². The van der Waals surface area contributed by atoms with Crippen molar-refractivity contribution in [1.29, 1.82) is 0 Å². The molecule has 2 aromatic rings. The minimum absolute atomic E-state index is 0.0696. The van der Waals surface area contributed by atoms with Crippen LogP contribution in [0.15, 0.2) is 36.0 Å². The van der Waals surface area contributed by atoms with Gasteiger partial charge in [-0.1, -0.05) is 12.1 Å². The van der Waals surface area contributed by atoms with Gasteiger partial charge in [-0.3, -0.25) is 4.98 Å². The molecular formula is C12H12N2O4S2. The molecule has 1 heterocycles. The molecule has 0 spiro atoms. The molecule has 0 radical (unpaired) electrons. The maximum Gasteiger partial charge on any atom is 0.335 e. The third kappa shape index (κ3) is 4.12. The van der Waals surface area contributed by atoms with Crippen LogP contribution >= 0.6 is 11.3 Å². The van der Waals surface area contributed by atoms with Crippen molar-refractivity contribution in [2.24, 2.45) is 0 Å². The van der Waals surface area contributed by atoms with Gasteiger partial charge in [-0.15, -0.1) is 11.3 Å². The van der Waals surface area contributed by atoms with E-state index in [-0.39, 0.29) is 17.9 Å². The van der Waals surface area contributed by atoms with Crippen LogP contribution in [-0.4, -0.2) is 24.5 Å². The van der Waals surface area contributed by atoms with E-state index in [4.69, 9.17) is 5.11 Å². The lowest BCUT2D eigenvalue weighted by molar-refractivity contribution is 0.0696. The van der Waals surface area contributed by atoms with E-state index in [9.17, 15) is 13.2 Å². The highest BCUT2D eigenvalue weighted by atomic mass is 32.2. The van der Waals surface area contributed by atoms with Crippen LogP contribution in [0.2, 0.25) is 0 Å². The minimum atomic E-state index is -3.52. The number of sulfonamides is 1. The fourth-order valence-corrected chi connectivity index (χ4v) is 3.30. The smallest absolute Gasteiger partial charge is 0.335 e. The summed E-state index contributed by atoms with van der Waals surface area (Å²) < 4.78 is 26.3. The predicted molar refractivity (Wildman–Crippen MR) is 75.0 cm³/mol. The highest BCUT2D eigenvalue weighted by Crippen LogP contribution is 2.10. The first kappa shape index (κ1) is 14.6. The highest BCUT2D eigenvalue weighted by Gasteiger charge is 2.13. The van der Waals surface area contributed by atoms with Crippen LogP contribution in [0.3, 0.4) is 0 Å². The van der Waals surface area contributed by atoms with Gasteiger partial charge in [-0.2, -0.15) is 0 Å². The average molecular weight is 312 g/mol. The maximum atomic E-state index is 11.9. The Hall–Kier alpha value is -1.77. The van der Waals surface area contributed by atoms with Crippen molar-refractivity contribution in [3.05, 3.63) is 52.0 Å². The Bertz CT molecular complexity index is 696. The first-order valence-corrected chi connectivity index (χ1v) is 8.16. The second kappa shape index (κ2) is 6.12. The van der Waals surface area contributed by atoms with Crippen molar-refractivity contribution in [2.75, 3.05) is 0 Å². The summed E-state index contributed by atoms with van der Waals surface area (Å²) in [6.07, 6.45) is 1.60. The van der Waals surface area contributed by atoms with Gasteiger partial charge < -0.3 is 5.11 Å². The van der Waals surface area contributed by atoms with Gasteiger partial charge in [-0.05, 0) is 17.7 Å². The topological polar surface area (TPSA) is 96.4 Å². The monoisotopic (exact) mass is 312 g/mol. The Morgan fingerprint density at radius 1 is 1.40 bits per heavy atom. The van der Waals surface area contributed by atoms with Crippen molar-refractivity contribution < 1.29 is 18.3 Å². The van der Waals surface area contributed by atoms with E-state index >= 15 is 0 Å². The van der Waals surface area contributed by atoms with Gasteiger partial charge in [0.1, 0.15) is 0 Å². The number of aromatic nitrogens is 1. The molecule has 0 aliphatic carbocycles. The number of carboxylic acids is 1. The normalized spacial score (nSPS) is 11.4. The average Bonchev–Trinajstić information content (AvgIpc) is 2.89. The number of aromatic carboxylic acids is 1. The van der Waals surface area contributed by atoms with Gasteiger partial charge in [0.05, 0.1) is 16.8 Å². The summed E-state index contributed by atoms with van der Waals surface area (Å²) in [6.45, 7) is 0.186. The number of hydrogen-bond donors (Lipinski definition) is 2. The standard InChI is InChI=1S/C12H12N2O4S2/c15-12(16)10-3-1-2-9(4-10)7-20(17,18)14-6-11-5-13-8-19-11/h1-5,8,14H,6-7H2,(H,15,16). The minimum Gasteiger partial charge on any atom is -0.478 e. The maximum absolute atomic E-state index is 11.9. The Morgan fingerprint density at radius 3 is 2.85 bits per heavy atom. The van der Waals surface area contributed by atoms with Crippen molar-refractivity contribution in [3.63, 3.8) is 0 Å². The molecule has 2 rings (SSSR count). The zero-order chi connectivity index (χ0) is 14.6. The van der Waals surface area contributed by atoms with Crippen molar-refractivity contribution in [2.45, 2.75) is 12.3 Å². The molecule has 0 saturated carbocycles. The van der Waals surface area contributed by atoms with Crippen LogP contribution < -0.4 is 4.72 Å². The van der Waals surface area contributed by atoms with Gasteiger partial charge in [0.25, 0.3) is 0 Å². The second-order valence-corrected chi connectivity index (χ2v) is 6.83. The number of nitrogens with one attached hydrogen (secondary N) is 1. The first-order chi connectivity index (χ1) is 9.46. The molecule has 1 aromatic heterocycles. The Balaban J connectivity index is 2.04. The molecule has 1 aromatic carbocycles. The van der Waals surface area contributed by atoms with Crippen molar-refractivity contribution >= 4 is 27.3 Å². The molecule has 0 saturated heterocycles. The molecule has 0 unspecified atom stereocenters. The lowest BCUT2D eigenvalue weighted by Gasteiger charge is -2.06. The number of carbonyl (C=O) groups is 1. The van der Waals surface area contributed by atoms with Gasteiger partial charge >= 0.3 is 5.97 Å². The summed E-state index contributed by atoms with van der Waals surface area (Å²) in [4.78, 5) is 15.5. The van der Waals surface area contributed by atoms with E-state index in [1.807, 2.05) is 0 Å². The van der Waals surface area contributed by atoms with Crippen LogP contribution in [0.5, 0.6) is 0 Å². The summed E-state index contributed by atoms with van der Waals surface area (Å²) in [6, 6.07) is 5.88. The largest absolute Gasteiger partial charge is 0.478 e. The van der Waals surface area contributed by atoms with E-state index in [0.29, 0.717) is 5.56 Å². The number of carboxylic acid groups (broad SMARTS) is 1. The summed E-state index contributed by atoms with van der Waals surface area (Å²) in [7, 11) is -3.52. The van der Waals surface area contributed by atoms with Gasteiger partial charge in [0, 0.05) is 17.6 Å². The Kier molecular flexibility index (Phi) is 4.48. The lowest BCUT2D eigenvalue weighted by atomic mass is 10.1. The van der Waals surface area contributed by atoms with E-state index in [1.165, 1.54) is 29.5 Å².